The fraction of sp³-hybridized carbons (Fsp3) is 0.542. The lowest BCUT2D eigenvalue weighted by Crippen LogP contribution is -2.36. The molecular formula is C24H36N+. The third kappa shape index (κ3) is 5.42. The lowest BCUT2D eigenvalue weighted by atomic mass is 9.72. The highest BCUT2D eigenvalue weighted by molar-refractivity contribution is 5.51. The van der Waals surface area contributed by atoms with Gasteiger partial charge in [-0.2, -0.15) is 4.57 Å². The van der Waals surface area contributed by atoms with Gasteiger partial charge in [0.2, 0.25) is 5.69 Å². The minimum atomic E-state index is 0.309. The van der Waals surface area contributed by atoms with Crippen LogP contribution < -0.4 is 4.57 Å². The second-order valence-electron chi connectivity index (χ2n) is 8.33. The van der Waals surface area contributed by atoms with Gasteiger partial charge in [-0.15, -0.1) is 0 Å². The van der Waals surface area contributed by atoms with E-state index in [9.17, 15) is 0 Å². The van der Waals surface area contributed by atoms with Crippen LogP contribution >= 0.6 is 0 Å². The highest BCUT2D eigenvalue weighted by Gasteiger charge is 2.26. The SMILES string of the molecule is CCCC[n+]1ccc(C)cc1/C=C(C)/C=C/C1=C(C)CCCC1(C)C. The fourth-order valence-corrected chi connectivity index (χ4v) is 3.82. The first kappa shape index (κ1) is 19.7. The Bertz CT molecular complexity index is 686. The molecule has 0 saturated carbocycles. The predicted molar refractivity (Wildman–Crippen MR) is 109 cm³/mol. The number of unbranched alkanes of at least 4 members (excludes halogenated alkanes) is 1. The Kier molecular flexibility index (Phi) is 6.81. The van der Waals surface area contributed by atoms with Gasteiger partial charge in [-0.3, -0.25) is 0 Å². The number of allylic oxidation sites excluding steroid dienone is 5. The average molecular weight is 339 g/mol. The first-order valence-electron chi connectivity index (χ1n) is 9.90. The molecule has 25 heavy (non-hydrogen) atoms. The maximum atomic E-state index is 2.38. The zero-order valence-corrected chi connectivity index (χ0v) is 17.2. The van der Waals surface area contributed by atoms with E-state index in [1.54, 1.807) is 5.57 Å². The van der Waals surface area contributed by atoms with Crippen LogP contribution in [0.25, 0.3) is 6.08 Å². The summed E-state index contributed by atoms with van der Waals surface area (Å²) in [4.78, 5) is 0. The molecule has 0 amide bonds. The zero-order chi connectivity index (χ0) is 18.4. The van der Waals surface area contributed by atoms with Crippen molar-refractivity contribution >= 4 is 6.08 Å². The largest absolute Gasteiger partial charge is 0.205 e. The first-order valence-corrected chi connectivity index (χ1v) is 9.90. The van der Waals surface area contributed by atoms with E-state index in [1.807, 2.05) is 0 Å². The quantitative estimate of drug-likeness (QED) is 0.408. The monoisotopic (exact) mass is 338 g/mol. The zero-order valence-electron chi connectivity index (χ0n) is 17.2. The molecule has 1 aromatic rings. The Morgan fingerprint density at radius 2 is 2.04 bits per heavy atom. The molecule has 1 aliphatic carbocycles. The van der Waals surface area contributed by atoms with Crippen molar-refractivity contribution in [2.45, 2.75) is 80.2 Å². The number of hydrogen-bond acceptors (Lipinski definition) is 0. The average Bonchev–Trinajstić information content (AvgIpc) is 2.53. The van der Waals surface area contributed by atoms with Crippen molar-refractivity contribution in [2.24, 2.45) is 5.41 Å². The van der Waals surface area contributed by atoms with Crippen LogP contribution in [0.15, 0.2) is 47.2 Å². The topological polar surface area (TPSA) is 3.88 Å². The maximum absolute atomic E-state index is 2.38. The first-order chi connectivity index (χ1) is 11.8. The third-order valence-electron chi connectivity index (χ3n) is 5.41. The van der Waals surface area contributed by atoms with Gasteiger partial charge in [0.25, 0.3) is 0 Å². The molecule has 0 atom stereocenters. The molecule has 0 bridgehead atoms. The minimum absolute atomic E-state index is 0.309. The second kappa shape index (κ2) is 8.65. The van der Waals surface area contributed by atoms with Crippen LogP contribution in [0, 0.1) is 12.3 Å². The molecule has 136 valence electrons. The summed E-state index contributed by atoms with van der Waals surface area (Å²) >= 11 is 0. The van der Waals surface area contributed by atoms with Crippen molar-refractivity contribution in [3.63, 3.8) is 0 Å². The lowest BCUT2D eigenvalue weighted by Gasteiger charge is -2.32. The molecule has 0 unspecified atom stereocenters. The molecule has 1 aromatic heterocycles. The summed E-state index contributed by atoms with van der Waals surface area (Å²) in [5.74, 6) is 0. The summed E-state index contributed by atoms with van der Waals surface area (Å²) in [6.45, 7) is 14.8. The summed E-state index contributed by atoms with van der Waals surface area (Å²) in [6, 6.07) is 4.50. The number of rotatable bonds is 6. The van der Waals surface area contributed by atoms with Crippen LogP contribution in [0.4, 0.5) is 0 Å². The highest BCUT2D eigenvalue weighted by atomic mass is 14.9. The Morgan fingerprint density at radius 3 is 2.72 bits per heavy atom. The van der Waals surface area contributed by atoms with Gasteiger partial charge in [0, 0.05) is 24.6 Å². The third-order valence-corrected chi connectivity index (χ3v) is 5.41. The molecule has 0 aromatic carbocycles. The maximum Gasteiger partial charge on any atom is 0.205 e. The number of pyridine rings is 1. The van der Waals surface area contributed by atoms with Gasteiger partial charge in [-0.05, 0) is 62.2 Å². The molecule has 2 rings (SSSR count). The van der Waals surface area contributed by atoms with Crippen molar-refractivity contribution in [3.8, 4) is 0 Å². The molecule has 1 heteroatoms. The van der Waals surface area contributed by atoms with Crippen LogP contribution in [-0.2, 0) is 6.54 Å². The number of aromatic nitrogens is 1. The Morgan fingerprint density at radius 1 is 1.28 bits per heavy atom. The number of hydrogen-bond donors (Lipinski definition) is 0. The lowest BCUT2D eigenvalue weighted by molar-refractivity contribution is -0.699. The van der Waals surface area contributed by atoms with E-state index in [1.165, 1.54) is 54.5 Å². The molecule has 0 aliphatic heterocycles. The van der Waals surface area contributed by atoms with E-state index < -0.39 is 0 Å². The van der Waals surface area contributed by atoms with Gasteiger partial charge in [-0.1, -0.05) is 44.9 Å². The Balaban J connectivity index is 2.25. The van der Waals surface area contributed by atoms with Crippen LogP contribution in [-0.4, -0.2) is 0 Å². The second-order valence-corrected chi connectivity index (χ2v) is 8.33. The van der Waals surface area contributed by atoms with E-state index in [4.69, 9.17) is 0 Å². The fourth-order valence-electron chi connectivity index (χ4n) is 3.82. The highest BCUT2D eigenvalue weighted by Crippen LogP contribution is 2.40. The van der Waals surface area contributed by atoms with Crippen LogP contribution in [0.1, 0.15) is 78.0 Å². The molecule has 1 nitrogen and oxygen atoms in total. The summed E-state index contributed by atoms with van der Waals surface area (Å²) < 4.78 is 2.38. The van der Waals surface area contributed by atoms with Gasteiger partial charge in [0.1, 0.15) is 6.54 Å². The standard InChI is InChI=1S/C24H36N/c1-7-8-15-25-16-13-20(3)18-22(25)17-19(2)11-12-23-21(4)10-9-14-24(23,5)6/h11-13,16-18H,7-10,14-15H2,1-6H3/q+1/b12-11+,19-17+. The van der Waals surface area contributed by atoms with Gasteiger partial charge < -0.3 is 0 Å². The van der Waals surface area contributed by atoms with Gasteiger partial charge in [0.05, 0.1) is 0 Å². The molecule has 0 N–H and O–H groups in total. The minimum Gasteiger partial charge on any atom is -0.199 e. The van der Waals surface area contributed by atoms with Gasteiger partial charge in [0.15, 0.2) is 6.20 Å². The number of aryl methyl sites for hydroxylation is 2. The Labute approximate surface area is 155 Å². The van der Waals surface area contributed by atoms with Gasteiger partial charge >= 0.3 is 0 Å². The van der Waals surface area contributed by atoms with Crippen molar-refractivity contribution in [2.75, 3.05) is 0 Å². The predicted octanol–water partition coefficient (Wildman–Crippen LogP) is 6.57. The summed E-state index contributed by atoms with van der Waals surface area (Å²) in [7, 11) is 0. The summed E-state index contributed by atoms with van der Waals surface area (Å²) in [5.41, 5.74) is 7.36. The molecule has 1 aliphatic rings. The van der Waals surface area contributed by atoms with Crippen LogP contribution in [0.2, 0.25) is 0 Å². The summed E-state index contributed by atoms with van der Waals surface area (Å²) in [5, 5.41) is 0. The smallest absolute Gasteiger partial charge is 0.199 e. The Hall–Kier alpha value is -1.63. The molecule has 0 fully saturated rings. The van der Waals surface area contributed by atoms with E-state index in [0.29, 0.717) is 5.41 Å². The van der Waals surface area contributed by atoms with E-state index >= 15 is 0 Å². The van der Waals surface area contributed by atoms with Crippen molar-refractivity contribution in [1.82, 2.24) is 0 Å². The molecular weight excluding hydrogens is 302 g/mol. The number of nitrogens with zero attached hydrogens (tertiary/aromatic N) is 1. The van der Waals surface area contributed by atoms with Crippen LogP contribution in [0.3, 0.4) is 0 Å². The van der Waals surface area contributed by atoms with Gasteiger partial charge in [-0.25, -0.2) is 0 Å². The van der Waals surface area contributed by atoms with Crippen molar-refractivity contribution in [1.29, 1.82) is 0 Å². The van der Waals surface area contributed by atoms with E-state index in [0.717, 1.165) is 6.54 Å². The van der Waals surface area contributed by atoms with E-state index in [-0.39, 0.29) is 0 Å². The normalized spacial score (nSPS) is 18.2. The molecule has 0 spiro atoms. The molecule has 0 saturated heterocycles. The van der Waals surface area contributed by atoms with Crippen molar-refractivity contribution < 1.29 is 4.57 Å². The molecule has 0 radical (unpaired) electrons. The summed E-state index contributed by atoms with van der Waals surface area (Å²) in [6.07, 6.45) is 15.5. The molecule has 1 heterocycles. The van der Waals surface area contributed by atoms with Crippen LogP contribution in [0.5, 0.6) is 0 Å². The van der Waals surface area contributed by atoms with Crippen molar-refractivity contribution in [3.05, 3.63) is 58.5 Å². The van der Waals surface area contributed by atoms with E-state index in [2.05, 4.69) is 82.7 Å².